The van der Waals surface area contributed by atoms with Crippen LogP contribution in [0.4, 0.5) is 24.5 Å². The van der Waals surface area contributed by atoms with Crippen LogP contribution in [0.15, 0.2) is 47.4 Å². The van der Waals surface area contributed by atoms with E-state index in [1.807, 2.05) is 4.90 Å². The molecule has 13 heteroatoms. The molecule has 0 amide bonds. The first-order valence-corrected chi connectivity index (χ1v) is 11.8. The number of nitrogens with zero attached hydrogens (tertiary/aromatic N) is 1. The number of halogens is 4. The fraction of sp³-hybridized carbons (Fsp3) is 0.333. The Balaban J connectivity index is 0.000000509. The molecule has 0 radical (unpaired) electrons. The quantitative estimate of drug-likeness (QED) is 0.519. The zero-order valence-corrected chi connectivity index (χ0v) is 19.4. The summed E-state index contributed by atoms with van der Waals surface area (Å²) < 4.78 is 59.3. The Labute approximate surface area is 199 Å². The van der Waals surface area contributed by atoms with E-state index >= 15 is 0 Å². The van der Waals surface area contributed by atoms with Crippen molar-refractivity contribution < 1.29 is 41.4 Å². The van der Waals surface area contributed by atoms with Crippen LogP contribution in [0.25, 0.3) is 0 Å². The van der Waals surface area contributed by atoms with Gasteiger partial charge in [-0.25, -0.2) is 18.0 Å². The summed E-state index contributed by atoms with van der Waals surface area (Å²) in [5, 5.41) is 16.8. The lowest BCUT2D eigenvalue weighted by atomic mass is 9.98. The molecule has 1 aliphatic heterocycles. The van der Waals surface area contributed by atoms with Crippen LogP contribution in [0.2, 0.25) is 5.02 Å². The Morgan fingerprint density at radius 2 is 1.65 bits per heavy atom. The molecule has 0 aliphatic carbocycles. The maximum Gasteiger partial charge on any atom is 0.490 e. The molecule has 2 aromatic rings. The van der Waals surface area contributed by atoms with E-state index in [2.05, 4.69) is 11.6 Å². The normalized spacial score (nSPS) is 14.7. The molecule has 34 heavy (non-hydrogen) atoms. The second-order valence-electron chi connectivity index (χ2n) is 7.55. The van der Waals surface area contributed by atoms with Gasteiger partial charge in [-0.05, 0) is 49.1 Å². The van der Waals surface area contributed by atoms with Crippen molar-refractivity contribution in [2.75, 3.05) is 22.7 Å². The van der Waals surface area contributed by atoms with Crippen molar-refractivity contribution >= 4 is 44.9 Å². The van der Waals surface area contributed by atoms with E-state index in [0.717, 1.165) is 25.9 Å². The van der Waals surface area contributed by atoms with Crippen molar-refractivity contribution in [3.05, 3.63) is 53.1 Å². The molecule has 0 aromatic heterocycles. The third-order valence-electron chi connectivity index (χ3n) is 4.97. The second kappa shape index (κ2) is 11.0. The van der Waals surface area contributed by atoms with Gasteiger partial charge in [-0.2, -0.15) is 13.2 Å². The van der Waals surface area contributed by atoms with E-state index in [1.54, 1.807) is 24.3 Å². The number of piperidine rings is 1. The molecule has 8 nitrogen and oxygen atoms in total. The predicted molar refractivity (Wildman–Crippen MR) is 120 cm³/mol. The lowest BCUT2D eigenvalue weighted by Crippen LogP contribution is -2.33. The van der Waals surface area contributed by atoms with E-state index in [-0.39, 0.29) is 21.2 Å². The summed E-state index contributed by atoms with van der Waals surface area (Å²) in [4.78, 5) is 22.6. The zero-order chi connectivity index (χ0) is 25.7. The van der Waals surface area contributed by atoms with Crippen molar-refractivity contribution in [2.24, 2.45) is 5.92 Å². The van der Waals surface area contributed by atoms with E-state index in [0.29, 0.717) is 11.6 Å². The van der Waals surface area contributed by atoms with Crippen LogP contribution >= 0.6 is 11.6 Å². The van der Waals surface area contributed by atoms with Crippen LogP contribution < -0.4 is 9.62 Å². The molecular formula is C21H22ClF3N2O6S. The minimum absolute atomic E-state index is 0.0577. The van der Waals surface area contributed by atoms with Crippen LogP contribution in [-0.2, 0) is 14.8 Å². The number of rotatable bonds is 5. The topological polar surface area (TPSA) is 124 Å². The Hall–Kier alpha value is -2.99. The van der Waals surface area contributed by atoms with Crippen LogP contribution in [0.5, 0.6) is 0 Å². The average Bonchev–Trinajstić information content (AvgIpc) is 2.74. The van der Waals surface area contributed by atoms with Gasteiger partial charge in [-0.1, -0.05) is 30.7 Å². The van der Waals surface area contributed by atoms with Crippen LogP contribution in [0.3, 0.4) is 0 Å². The number of aromatic carboxylic acids is 1. The maximum absolute atomic E-state index is 12.6. The Morgan fingerprint density at radius 3 is 2.15 bits per heavy atom. The molecule has 0 unspecified atom stereocenters. The molecule has 3 rings (SSSR count). The van der Waals surface area contributed by atoms with Crippen molar-refractivity contribution in [3.63, 3.8) is 0 Å². The largest absolute Gasteiger partial charge is 0.490 e. The number of benzene rings is 2. The van der Waals surface area contributed by atoms with Gasteiger partial charge in [0.1, 0.15) is 4.90 Å². The number of aliphatic carboxylic acids is 1. The van der Waals surface area contributed by atoms with Gasteiger partial charge >= 0.3 is 18.1 Å². The fourth-order valence-electron chi connectivity index (χ4n) is 3.17. The van der Waals surface area contributed by atoms with E-state index in [9.17, 15) is 31.5 Å². The number of nitrogens with one attached hydrogen (secondary N) is 1. The summed E-state index contributed by atoms with van der Waals surface area (Å²) in [7, 11) is -3.92. The van der Waals surface area contributed by atoms with Gasteiger partial charge in [0.25, 0.3) is 10.0 Å². The summed E-state index contributed by atoms with van der Waals surface area (Å²) in [6, 6.07) is 10.7. The monoisotopic (exact) mass is 522 g/mol. The standard InChI is InChI=1S/C19H21ClN2O4S.C2HF3O2/c1-13-8-10-22(11-9-13)17-7-6-14(12-15(17)19(23)24)21-27(25,26)18-5-3-2-4-16(18)20;3-2(4,5)1(6)7/h2-7,12-13,21H,8-11H2,1H3,(H,23,24);(H,6,7). The van der Waals surface area contributed by atoms with Gasteiger partial charge < -0.3 is 15.1 Å². The smallest absolute Gasteiger partial charge is 0.478 e. The van der Waals surface area contributed by atoms with E-state index in [4.69, 9.17) is 21.5 Å². The number of hydrogen-bond donors (Lipinski definition) is 3. The van der Waals surface area contributed by atoms with E-state index in [1.165, 1.54) is 18.2 Å². The molecule has 1 aliphatic rings. The third-order valence-corrected chi connectivity index (χ3v) is 6.85. The Kier molecular flexibility index (Phi) is 8.78. The first-order chi connectivity index (χ1) is 15.7. The number of carbonyl (C=O) groups is 2. The SMILES string of the molecule is CC1CCN(c2ccc(NS(=O)(=O)c3ccccc3Cl)cc2C(=O)O)CC1.O=C(O)C(F)(F)F. The highest BCUT2D eigenvalue weighted by Gasteiger charge is 2.38. The van der Waals surface area contributed by atoms with Gasteiger partial charge in [0, 0.05) is 18.8 Å². The van der Waals surface area contributed by atoms with Crippen LogP contribution in [0, 0.1) is 5.92 Å². The van der Waals surface area contributed by atoms with Gasteiger partial charge in [0.05, 0.1) is 16.3 Å². The van der Waals surface area contributed by atoms with Crippen molar-refractivity contribution in [3.8, 4) is 0 Å². The molecule has 3 N–H and O–H groups in total. The number of sulfonamides is 1. The minimum Gasteiger partial charge on any atom is -0.478 e. The van der Waals surface area contributed by atoms with Crippen LogP contribution in [-0.4, -0.2) is 49.8 Å². The fourth-order valence-corrected chi connectivity index (χ4v) is 4.74. The van der Waals surface area contributed by atoms with Gasteiger partial charge in [-0.3, -0.25) is 4.72 Å². The molecule has 0 atom stereocenters. The molecule has 0 spiro atoms. The van der Waals surface area contributed by atoms with Crippen molar-refractivity contribution in [1.29, 1.82) is 0 Å². The molecule has 1 fully saturated rings. The van der Waals surface area contributed by atoms with Crippen LogP contribution in [0.1, 0.15) is 30.1 Å². The molecule has 186 valence electrons. The summed E-state index contributed by atoms with van der Waals surface area (Å²) in [5.74, 6) is -3.23. The summed E-state index contributed by atoms with van der Waals surface area (Å²) >= 11 is 5.98. The zero-order valence-electron chi connectivity index (χ0n) is 17.8. The minimum atomic E-state index is -5.08. The first kappa shape index (κ1) is 27.3. The number of carboxylic acids is 2. The van der Waals surface area contributed by atoms with Gasteiger partial charge in [0.2, 0.25) is 0 Å². The third kappa shape index (κ3) is 7.26. The van der Waals surface area contributed by atoms with Gasteiger partial charge in [-0.15, -0.1) is 0 Å². The highest BCUT2D eigenvalue weighted by atomic mass is 35.5. The average molecular weight is 523 g/mol. The summed E-state index contributed by atoms with van der Waals surface area (Å²) in [5.41, 5.74) is 0.862. The predicted octanol–water partition coefficient (Wildman–Crippen LogP) is 4.71. The number of alkyl halides is 3. The highest BCUT2D eigenvalue weighted by Crippen LogP contribution is 2.30. The summed E-state index contributed by atoms with van der Waals surface area (Å²) in [6.45, 7) is 3.75. The highest BCUT2D eigenvalue weighted by molar-refractivity contribution is 7.92. The maximum atomic E-state index is 12.6. The molecule has 0 saturated carbocycles. The molecule has 2 aromatic carbocycles. The Bertz CT molecular complexity index is 1150. The first-order valence-electron chi connectivity index (χ1n) is 9.92. The molecular weight excluding hydrogens is 501 g/mol. The lowest BCUT2D eigenvalue weighted by Gasteiger charge is -2.33. The molecule has 0 bridgehead atoms. The Morgan fingerprint density at radius 1 is 1.09 bits per heavy atom. The number of carboxylic acid groups (broad SMARTS) is 2. The number of hydrogen-bond acceptors (Lipinski definition) is 5. The molecule has 1 saturated heterocycles. The lowest BCUT2D eigenvalue weighted by molar-refractivity contribution is -0.192. The van der Waals surface area contributed by atoms with Crippen molar-refractivity contribution in [2.45, 2.75) is 30.8 Å². The van der Waals surface area contributed by atoms with Crippen molar-refractivity contribution in [1.82, 2.24) is 0 Å². The van der Waals surface area contributed by atoms with Gasteiger partial charge in [0.15, 0.2) is 0 Å². The second-order valence-corrected chi connectivity index (χ2v) is 9.60. The number of anilines is 2. The summed E-state index contributed by atoms with van der Waals surface area (Å²) in [6.07, 6.45) is -3.08. The van der Waals surface area contributed by atoms with E-state index < -0.39 is 28.1 Å². The molecule has 1 heterocycles.